The van der Waals surface area contributed by atoms with Crippen LogP contribution >= 0.6 is 11.3 Å². The minimum atomic E-state index is -3.57. The highest BCUT2D eigenvalue weighted by Gasteiger charge is 2.39. The van der Waals surface area contributed by atoms with Crippen molar-refractivity contribution >= 4 is 27.3 Å². The Morgan fingerprint density at radius 2 is 2.07 bits per heavy atom. The van der Waals surface area contributed by atoms with Crippen molar-refractivity contribution in [2.24, 2.45) is 0 Å². The second-order valence-electron chi connectivity index (χ2n) is 6.66. The zero-order chi connectivity index (χ0) is 20.4. The summed E-state index contributed by atoms with van der Waals surface area (Å²) in [6.45, 7) is 1.66. The first-order valence-corrected chi connectivity index (χ1v) is 11.7. The van der Waals surface area contributed by atoms with E-state index < -0.39 is 22.0 Å². The average Bonchev–Trinajstić information content (AvgIpc) is 3.42. The number of esters is 1. The minimum Gasteiger partial charge on any atom is -0.458 e. The van der Waals surface area contributed by atoms with Gasteiger partial charge in [0.15, 0.2) is 0 Å². The van der Waals surface area contributed by atoms with Crippen molar-refractivity contribution in [1.29, 1.82) is 0 Å². The molecule has 1 aromatic carbocycles. The van der Waals surface area contributed by atoms with Gasteiger partial charge in [-0.25, -0.2) is 13.4 Å². The Hall–Kier alpha value is -2.49. The number of hydrogen-bond donors (Lipinski definition) is 0. The number of nitrogens with zero attached hydrogens (tertiary/aromatic N) is 2. The highest BCUT2D eigenvalue weighted by atomic mass is 32.2. The second kappa shape index (κ2) is 8.10. The van der Waals surface area contributed by atoms with Crippen molar-refractivity contribution in [3.8, 4) is 10.8 Å². The van der Waals surface area contributed by atoms with Crippen LogP contribution in [-0.4, -0.2) is 35.5 Å². The Morgan fingerprint density at radius 3 is 2.79 bits per heavy atom. The molecule has 0 unspecified atom stereocenters. The summed E-state index contributed by atoms with van der Waals surface area (Å²) >= 11 is 1.50. The summed E-state index contributed by atoms with van der Waals surface area (Å²) < 4.78 is 37.3. The molecular formula is C20H20N2O5S2. The first kappa shape index (κ1) is 19.8. The van der Waals surface area contributed by atoms with E-state index in [0.29, 0.717) is 11.6 Å². The monoisotopic (exact) mass is 432 g/mol. The smallest absolute Gasteiger partial charge is 0.325 e. The third-order valence-electron chi connectivity index (χ3n) is 4.85. The Bertz CT molecular complexity index is 1110. The van der Waals surface area contributed by atoms with E-state index in [9.17, 15) is 13.2 Å². The fourth-order valence-electron chi connectivity index (χ4n) is 3.29. The molecule has 0 N–H and O–H groups in total. The highest BCUT2D eigenvalue weighted by Crippen LogP contribution is 2.27. The van der Waals surface area contributed by atoms with Crippen LogP contribution in [0, 0.1) is 0 Å². The maximum atomic E-state index is 12.8. The van der Waals surface area contributed by atoms with Crippen LogP contribution < -0.4 is 0 Å². The Morgan fingerprint density at radius 1 is 1.28 bits per heavy atom. The van der Waals surface area contributed by atoms with Crippen LogP contribution in [0.2, 0.25) is 0 Å². The van der Waals surface area contributed by atoms with Crippen LogP contribution in [0.4, 0.5) is 0 Å². The van der Waals surface area contributed by atoms with Crippen LogP contribution in [0.3, 0.4) is 0 Å². The summed E-state index contributed by atoms with van der Waals surface area (Å²) in [4.78, 5) is 18.0. The molecule has 1 aliphatic heterocycles. The number of fused-ring (bicyclic) bond motifs is 1. The number of aromatic nitrogens is 1. The summed E-state index contributed by atoms with van der Waals surface area (Å²) in [6, 6.07) is 10.4. The zero-order valence-corrected chi connectivity index (χ0v) is 17.4. The third kappa shape index (κ3) is 4.12. The minimum absolute atomic E-state index is 0.0770. The summed E-state index contributed by atoms with van der Waals surface area (Å²) in [6.07, 6.45) is 1.73. The van der Waals surface area contributed by atoms with Gasteiger partial charge in [0.2, 0.25) is 15.9 Å². The normalized spacial score (nSPS) is 17.1. The standard InChI is InChI=1S/C20H20N2O5S2/c1-2-29(24,25)22-11-15-7-4-3-6-14(15)10-17(22)20(23)27-13-16-12-26-19(21-16)18-8-5-9-28-18/h3-9,12,17H,2,10-11,13H2,1H3/t17-/m0/s1. The molecular weight excluding hydrogens is 412 g/mol. The van der Waals surface area contributed by atoms with Crippen LogP contribution in [-0.2, 0) is 39.1 Å². The molecule has 0 fully saturated rings. The molecule has 0 bridgehead atoms. The SMILES string of the molecule is CCS(=O)(=O)N1Cc2ccccc2C[C@H]1C(=O)OCc1coc(-c2cccs2)n1. The number of sulfonamides is 1. The molecule has 9 heteroatoms. The number of carbonyl (C=O) groups excluding carboxylic acids is 1. The molecule has 1 atom stereocenters. The van der Waals surface area contributed by atoms with Gasteiger partial charge in [-0.3, -0.25) is 4.79 Å². The number of rotatable bonds is 6. The highest BCUT2D eigenvalue weighted by molar-refractivity contribution is 7.89. The largest absolute Gasteiger partial charge is 0.458 e. The lowest BCUT2D eigenvalue weighted by molar-refractivity contribution is -0.150. The van der Waals surface area contributed by atoms with Gasteiger partial charge in [0, 0.05) is 13.0 Å². The molecule has 29 heavy (non-hydrogen) atoms. The molecule has 3 heterocycles. The molecule has 0 amide bonds. The van der Waals surface area contributed by atoms with Crippen molar-refractivity contribution in [2.75, 3.05) is 5.75 Å². The third-order valence-corrected chi connectivity index (χ3v) is 7.53. The maximum Gasteiger partial charge on any atom is 0.325 e. The Balaban J connectivity index is 1.50. The van der Waals surface area contributed by atoms with Gasteiger partial charge in [-0.2, -0.15) is 4.31 Å². The number of thiophene rings is 1. The van der Waals surface area contributed by atoms with E-state index in [4.69, 9.17) is 9.15 Å². The molecule has 0 aliphatic carbocycles. The van der Waals surface area contributed by atoms with Crippen LogP contribution in [0.5, 0.6) is 0 Å². The quantitative estimate of drug-likeness (QED) is 0.556. The molecule has 152 valence electrons. The van der Waals surface area contributed by atoms with Crippen molar-refractivity contribution in [1.82, 2.24) is 9.29 Å². The number of benzene rings is 1. The van der Waals surface area contributed by atoms with Crippen molar-refractivity contribution in [3.05, 3.63) is 64.9 Å². The van der Waals surface area contributed by atoms with Gasteiger partial charge in [0.05, 0.1) is 10.6 Å². The van der Waals surface area contributed by atoms with Crippen molar-refractivity contribution in [3.63, 3.8) is 0 Å². The zero-order valence-electron chi connectivity index (χ0n) is 15.8. The predicted octanol–water partition coefficient (Wildman–Crippen LogP) is 3.22. The number of carbonyl (C=O) groups is 1. The molecule has 0 saturated carbocycles. The van der Waals surface area contributed by atoms with Gasteiger partial charge < -0.3 is 9.15 Å². The summed E-state index contributed by atoms with van der Waals surface area (Å²) in [5, 5.41) is 1.92. The number of hydrogen-bond acceptors (Lipinski definition) is 7. The summed E-state index contributed by atoms with van der Waals surface area (Å²) in [5.41, 5.74) is 2.34. The lowest BCUT2D eigenvalue weighted by Crippen LogP contribution is -2.49. The lowest BCUT2D eigenvalue weighted by Gasteiger charge is -2.34. The molecule has 2 aromatic heterocycles. The van der Waals surface area contributed by atoms with Crippen LogP contribution in [0.15, 0.2) is 52.5 Å². The van der Waals surface area contributed by atoms with E-state index in [0.717, 1.165) is 16.0 Å². The number of ether oxygens (including phenoxy) is 1. The molecule has 0 spiro atoms. The fraction of sp³-hybridized carbons (Fsp3) is 0.300. The van der Waals surface area contributed by atoms with E-state index in [-0.39, 0.29) is 25.3 Å². The molecule has 0 radical (unpaired) electrons. The van der Waals surface area contributed by atoms with E-state index in [1.54, 1.807) is 6.92 Å². The van der Waals surface area contributed by atoms with E-state index in [1.165, 1.54) is 21.9 Å². The summed E-state index contributed by atoms with van der Waals surface area (Å²) in [5.74, 6) is -0.197. The Labute approximate surface area is 173 Å². The van der Waals surface area contributed by atoms with Gasteiger partial charge in [-0.15, -0.1) is 11.3 Å². The molecule has 4 rings (SSSR count). The van der Waals surface area contributed by atoms with E-state index in [2.05, 4.69) is 4.98 Å². The summed E-state index contributed by atoms with van der Waals surface area (Å²) in [7, 11) is -3.57. The topological polar surface area (TPSA) is 89.7 Å². The van der Waals surface area contributed by atoms with Crippen LogP contribution in [0.25, 0.3) is 10.8 Å². The molecule has 0 saturated heterocycles. The Kier molecular flexibility index (Phi) is 5.53. The lowest BCUT2D eigenvalue weighted by atomic mass is 9.96. The van der Waals surface area contributed by atoms with E-state index in [1.807, 2.05) is 41.8 Å². The molecule has 1 aliphatic rings. The fourth-order valence-corrected chi connectivity index (χ4v) is 5.16. The van der Waals surface area contributed by atoms with Crippen molar-refractivity contribution < 1.29 is 22.4 Å². The average molecular weight is 433 g/mol. The van der Waals surface area contributed by atoms with Crippen molar-refractivity contribution in [2.45, 2.75) is 32.5 Å². The van der Waals surface area contributed by atoms with Gasteiger partial charge >= 0.3 is 5.97 Å². The first-order valence-electron chi connectivity index (χ1n) is 9.19. The van der Waals surface area contributed by atoms with Gasteiger partial charge in [-0.05, 0) is 29.5 Å². The van der Waals surface area contributed by atoms with Gasteiger partial charge in [-0.1, -0.05) is 30.3 Å². The van der Waals surface area contributed by atoms with Gasteiger partial charge in [0.25, 0.3) is 0 Å². The molecule has 3 aromatic rings. The first-order chi connectivity index (χ1) is 14.0. The predicted molar refractivity (Wildman–Crippen MR) is 109 cm³/mol. The number of oxazole rings is 1. The van der Waals surface area contributed by atoms with Crippen LogP contribution in [0.1, 0.15) is 23.7 Å². The second-order valence-corrected chi connectivity index (χ2v) is 9.82. The maximum absolute atomic E-state index is 12.8. The van der Waals surface area contributed by atoms with E-state index >= 15 is 0 Å². The van der Waals surface area contributed by atoms with Gasteiger partial charge in [0.1, 0.15) is 24.6 Å². The molecule has 7 nitrogen and oxygen atoms in total.